The molecule has 2 saturated heterocycles. The molecule has 6 aromatic heterocycles. The number of aryl methyl sites for hydroxylation is 2. The van der Waals surface area contributed by atoms with Gasteiger partial charge in [-0.25, -0.2) is 38.7 Å². The number of nitrogens with one attached hydrogen (secondary N) is 5. The second-order valence-electron chi connectivity index (χ2n) is 25.5. The highest BCUT2D eigenvalue weighted by Gasteiger charge is 2.63. The van der Waals surface area contributed by atoms with Crippen molar-refractivity contribution in [2.24, 2.45) is 22.7 Å². The number of carbonyl (C=O) groups excluding carboxylic acids is 2. The molecule has 4 bridgehead atoms. The van der Waals surface area contributed by atoms with E-state index in [0.717, 1.165) is 56.2 Å². The number of rotatable bonds is 18. The summed E-state index contributed by atoms with van der Waals surface area (Å²) in [4.78, 5) is 46.0. The van der Waals surface area contributed by atoms with Crippen LogP contribution in [0.1, 0.15) is 137 Å². The third-order valence-corrected chi connectivity index (χ3v) is 20.3. The Kier molecular flexibility index (Phi) is 20.2. The number of sulfonamides is 2. The van der Waals surface area contributed by atoms with Gasteiger partial charge in [-0.2, -0.15) is 43.2 Å². The number of aromatic nitrogens is 8. The van der Waals surface area contributed by atoms with Crippen molar-refractivity contribution in [3.8, 4) is 23.4 Å². The summed E-state index contributed by atoms with van der Waals surface area (Å²) in [6.07, 6.45) is 0.246. The van der Waals surface area contributed by atoms with Gasteiger partial charge in [-0.05, 0) is 184 Å². The zero-order chi connectivity index (χ0) is 65.5. The van der Waals surface area contributed by atoms with Gasteiger partial charge in [0.15, 0.2) is 21.7 Å². The van der Waals surface area contributed by atoms with Crippen LogP contribution in [0.25, 0.3) is 11.6 Å². The molecule has 5 aliphatic rings. The summed E-state index contributed by atoms with van der Waals surface area (Å²) in [7, 11) is -8.67. The number of amides is 2. The Bertz CT molecular complexity index is 3920. The van der Waals surface area contributed by atoms with E-state index >= 15 is 0 Å². The lowest BCUT2D eigenvalue weighted by Gasteiger charge is -2.34. The Morgan fingerprint density at radius 1 is 0.793 bits per heavy atom. The van der Waals surface area contributed by atoms with Crippen LogP contribution < -0.4 is 39.8 Å². The molecule has 500 valence electrons. The van der Waals surface area contributed by atoms with Gasteiger partial charge in [0.05, 0.1) is 35.2 Å². The minimum atomic E-state index is -4.35. The number of hydrogen-bond donors (Lipinski definition) is 5. The highest BCUT2D eigenvalue weighted by atomic mass is 35.5. The molecule has 2 amide bonds. The molecular formula is C60H74Cl2F6N14O8S2. The van der Waals surface area contributed by atoms with E-state index in [9.17, 15) is 52.8 Å². The number of pyridine rings is 4. The fourth-order valence-corrected chi connectivity index (χ4v) is 13.9. The predicted octanol–water partition coefficient (Wildman–Crippen LogP) is 10.9. The van der Waals surface area contributed by atoms with Crippen molar-refractivity contribution in [2.45, 2.75) is 152 Å². The van der Waals surface area contributed by atoms with Gasteiger partial charge in [0.1, 0.15) is 22.6 Å². The average Bonchev–Trinajstić information content (AvgIpc) is 1.54. The second-order valence-corrected chi connectivity index (χ2v) is 29.1. The van der Waals surface area contributed by atoms with Gasteiger partial charge in [-0.15, -0.1) is 22.6 Å². The van der Waals surface area contributed by atoms with Crippen LogP contribution in [0.5, 0.6) is 11.8 Å². The summed E-state index contributed by atoms with van der Waals surface area (Å²) >= 11 is 6.24. The first-order valence-corrected chi connectivity index (χ1v) is 33.4. The standard InChI is InChI=1S/C30H37ClF3N7O4S.C30H36F3N7O4S.ClH/c1-19-6-9-24(38-26(19)35-14-4-5-20-17-28(2,3)36-18-20)46(43,44)40-27(42)21-7-8-22(37-25(21)31)41-15-10-23(39-41)45-16-13-29(11-12-29)30(32,33)34;1-19-6-9-24-36-25(19)34-14-4-5-20-17-28(2,3)39(18-20)26-21(27(41)38-45(24,42)43)7-8-22(35-26)40-15-10-23(37-40)44-16-13-29(11-12-29)30(31,32)33;/h6-10,15,20,36H,4-5,11-14,16-18H2,1-3H3,(H,35,38)(H,40,42);6-10,15,20H,4-5,11-14,16-18H2,1-3H3,(H,34,36)(H,38,41);1H. The van der Waals surface area contributed by atoms with Gasteiger partial charge in [-0.3, -0.25) is 9.59 Å². The van der Waals surface area contributed by atoms with Crippen LogP contribution in [0.3, 0.4) is 0 Å². The first-order valence-electron chi connectivity index (χ1n) is 30.0. The summed E-state index contributed by atoms with van der Waals surface area (Å²) in [6, 6.07) is 14.6. The predicted molar refractivity (Wildman–Crippen MR) is 333 cm³/mol. The highest BCUT2D eigenvalue weighted by Crippen LogP contribution is 2.61. The molecule has 0 radical (unpaired) electrons. The van der Waals surface area contributed by atoms with Crippen molar-refractivity contribution < 1.29 is 62.2 Å². The molecule has 22 nitrogen and oxygen atoms in total. The van der Waals surface area contributed by atoms with E-state index in [4.69, 9.17) is 26.1 Å². The quantitative estimate of drug-likeness (QED) is 0.0304. The van der Waals surface area contributed by atoms with Crippen molar-refractivity contribution >= 4 is 73.3 Å². The summed E-state index contributed by atoms with van der Waals surface area (Å²) in [5.74, 6) is 0.967. The van der Waals surface area contributed by atoms with E-state index in [1.807, 2.05) is 23.5 Å². The van der Waals surface area contributed by atoms with Gasteiger partial charge in [-0.1, -0.05) is 23.7 Å². The Balaban J connectivity index is 0.000000215. The number of nitrogens with zero attached hydrogens (tertiary/aromatic N) is 9. The third-order valence-electron chi connectivity index (χ3n) is 17.5. The van der Waals surface area contributed by atoms with E-state index < -0.39 is 60.6 Å². The van der Waals surface area contributed by atoms with Crippen molar-refractivity contribution in [1.29, 1.82) is 0 Å². The zero-order valence-corrected chi connectivity index (χ0v) is 54.7. The first-order chi connectivity index (χ1) is 42.7. The van der Waals surface area contributed by atoms with Crippen LogP contribution in [0.15, 0.2) is 83.1 Å². The zero-order valence-electron chi connectivity index (χ0n) is 51.5. The molecule has 32 heteroatoms. The van der Waals surface area contributed by atoms with Crippen molar-refractivity contribution in [1.82, 2.24) is 54.3 Å². The maximum Gasteiger partial charge on any atom is 0.394 e. The fraction of sp³-hybridized carbons (Fsp3) is 0.533. The number of anilines is 3. The molecule has 6 aromatic rings. The van der Waals surface area contributed by atoms with Crippen molar-refractivity contribution in [2.75, 3.05) is 54.9 Å². The molecule has 9 heterocycles. The maximum atomic E-state index is 13.6. The van der Waals surface area contributed by atoms with E-state index in [2.05, 4.69) is 73.5 Å². The highest BCUT2D eigenvalue weighted by molar-refractivity contribution is 7.90. The molecule has 92 heavy (non-hydrogen) atoms. The van der Waals surface area contributed by atoms with E-state index in [-0.39, 0.29) is 114 Å². The summed E-state index contributed by atoms with van der Waals surface area (Å²) in [6.45, 7) is 14.7. The van der Waals surface area contributed by atoms with E-state index in [1.165, 1.54) is 64.1 Å². The van der Waals surface area contributed by atoms with Gasteiger partial charge in [0.25, 0.3) is 31.9 Å². The van der Waals surface area contributed by atoms with Gasteiger partial charge >= 0.3 is 12.4 Å². The Morgan fingerprint density at radius 2 is 1.40 bits per heavy atom. The van der Waals surface area contributed by atoms with E-state index in [0.29, 0.717) is 54.7 Å². The molecule has 2 unspecified atom stereocenters. The lowest BCUT2D eigenvalue weighted by Crippen LogP contribution is -2.41. The lowest BCUT2D eigenvalue weighted by atomic mass is 9.93. The van der Waals surface area contributed by atoms with Crippen LogP contribution in [-0.2, 0) is 20.0 Å². The van der Waals surface area contributed by atoms with Crippen LogP contribution in [0.2, 0.25) is 5.15 Å². The molecule has 0 aromatic carbocycles. The minimum Gasteiger partial charge on any atom is -0.477 e. The summed E-state index contributed by atoms with van der Waals surface area (Å²) < 4.78 is 150. The molecule has 4 fully saturated rings. The largest absolute Gasteiger partial charge is 0.477 e. The number of carbonyl (C=O) groups is 2. The van der Waals surface area contributed by atoms with Crippen molar-refractivity contribution in [3.05, 3.63) is 100 Å². The monoisotopic (exact) mass is 1370 g/mol. The van der Waals surface area contributed by atoms with E-state index in [1.54, 1.807) is 18.3 Å². The molecular weight excluding hydrogens is 1290 g/mol. The molecule has 2 saturated carbocycles. The van der Waals surface area contributed by atoms with Gasteiger partial charge in [0, 0.05) is 55.2 Å². The van der Waals surface area contributed by atoms with Crippen LogP contribution in [-0.4, -0.2) is 131 Å². The van der Waals surface area contributed by atoms with Crippen LogP contribution in [0.4, 0.5) is 43.8 Å². The molecule has 0 spiro atoms. The smallest absolute Gasteiger partial charge is 0.394 e. The first kappa shape index (κ1) is 69.3. The normalized spacial score (nSPS) is 20.1. The molecule has 3 aliphatic heterocycles. The lowest BCUT2D eigenvalue weighted by molar-refractivity contribution is -0.190. The molecule has 11 rings (SSSR count). The Morgan fingerprint density at radius 3 is 1.99 bits per heavy atom. The molecule has 2 atom stereocenters. The minimum absolute atomic E-state index is 0. The molecule has 5 N–H and O–H groups in total. The Hall–Kier alpha value is -7.02. The van der Waals surface area contributed by atoms with Crippen LogP contribution >= 0.6 is 24.0 Å². The number of ether oxygens (including phenoxy) is 2. The third kappa shape index (κ3) is 16.0. The van der Waals surface area contributed by atoms with Crippen LogP contribution in [0, 0.1) is 36.5 Å². The number of fused-ring (bicyclic) bond motifs is 6. The van der Waals surface area contributed by atoms with Gasteiger partial charge < -0.3 is 30.3 Å². The summed E-state index contributed by atoms with van der Waals surface area (Å²) in [5.41, 5.74) is -2.16. The number of hydrogen-bond acceptors (Lipinski definition) is 18. The number of halogens is 8. The average molecular weight is 1370 g/mol. The second kappa shape index (κ2) is 26.8. The topological polar surface area (TPSA) is 271 Å². The Labute approximate surface area is 540 Å². The molecule has 2 aliphatic carbocycles. The number of alkyl halides is 6. The van der Waals surface area contributed by atoms with Gasteiger partial charge in [0.2, 0.25) is 11.8 Å². The maximum absolute atomic E-state index is 13.6. The fourth-order valence-electron chi connectivity index (χ4n) is 11.8. The van der Waals surface area contributed by atoms with Crippen molar-refractivity contribution in [3.63, 3.8) is 0 Å². The summed E-state index contributed by atoms with van der Waals surface area (Å²) in [5, 5.41) is 17.6. The SMILES string of the molecule is Cc1ccc(S(=O)(=O)NC(=O)c2ccc(-n3ccc(OCCC4(C(F)(F)F)CC4)n3)nc2Cl)nc1NCCCC1CNC(C)(C)C1.Cc1ccc2nc1NCCCC1CN(c3nc(-n4ccc(OCCC5(C(F)(F)F)CC5)n4)ccc3C(=O)NS2(=O)=O)C(C)(C)C1.Cl.